The lowest BCUT2D eigenvalue weighted by Crippen LogP contribution is -2.19. The number of hydrogen-bond acceptors (Lipinski definition) is 2. The van der Waals surface area contributed by atoms with Gasteiger partial charge in [0.25, 0.3) is 0 Å². The zero-order valence-electron chi connectivity index (χ0n) is 31.1. The highest BCUT2D eigenvalue weighted by Gasteiger charge is 2.26. The minimum Gasteiger partial charge on any atom is -0.354 e. The van der Waals surface area contributed by atoms with Crippen LogP contribution in [0.5, 0.6) is 0 Å². The Bertz CT molecular complexity index is 3270. The second-order valence-electron chi connectivity index (χ2n) is 15.2. The van der Waals surface area contributed by atoms with Crippen molar-refractivity contribution in [2.24, 2.45) is 0 Å². The largest absolute Gasteiger partial charge is 0.354 e. The number of aromatic nitrogens is 5. The molecule has 0 aliphatic carbocycles. The van der Waals surface area contributed by atoms with E-state index in [1.165, 1.54) is 32.7 Å². The van der Waals surface area contributed by atoms with Gasteiger partial charge < -0.3 is 4.98 Å². The topological polar surface area (TPSA) is 51.4 Å². The maximum atomic E-state index is 5.63. The Labute approximate surface area is 324 Å². The van der Waals surface area contributed by atoms with E-state index in [9.17, 15) is 0 Å². The van der Waals surface area contributed by atoms with Gasteiger partial charge in [0, 0.05) is 55.5 Å². The van der Waals surface area contributed by atoms with Crippen LogP contribution in [0.25, 0.3) is 88.7 Å². The molecule has 0 fully saturated rings. The summed E-state index contributed by atoms with van der Waals surface area (Å²) in [4.78, 5) is 14.2. The minimum atomic E-state index is -0.211. The molecule has 0 radical (unpaired) electrons. The van der Waals surface area contributed by atoms with E-state index in [1.54, 1.807) is 0 Å². The van der Waals surface area contributed by atoms with Crippen molar-refractivity contribution >= 4 is 54.6 Å². The fourth-order valence-corrected chi connectivity index (χ4v) is 8.76. The average Bonchev–Trinajstić information content (AvgIpc) is 3.94. The number of hydrogen-bond donors (Lipinski definition) is 1. The SMILES string of the molecule is CC(C)(c1ccccc1)c1cccc(-n2c(-c3cccc4c3[nH]c3ccccc34)nc3c(-c4ccc5c6ccccc6n(-c6ccccn6)c5c4)cccc32)c1. The van der Waals surface area contributed by atoms with Gasteiger partial charge in [0.2, 0.25) is 0 Å². The Balaban J connectivity index is 1.18. The van der Waals surface area contributed by atoms with Gasteiger partial charge in [-0.2, -0.15) is 0 Å². The van der Waals surface area contributed by atoms with Crippen LogP contribution >= 0.6 is 0 Å². The second-order valence-corrected chi connectivity index (χ2v) is 15.2. The van der Waals surface area contributed by atoms with Crippen molar-refractivity contribution in [3.05, 3.63) is 193 Å². The van der Waals surface area contributed by atoms with Crippen LogP contribution < -0.4 is 0 Å². The zero-order chi connectivity index (χ0) is 37.4. The first-order valence-electron chi connectivity index (χ1n) is 19.2. The highest BCUT2D eigenvalue weighted by molar-refractivity contribution is 6.13. The second kappa shape index (κ2) is 12.4. The van der Waals surface area contributed by atoms with E-state index in [2.05, 4.69) is 192 Å². The van der Waals surface area contributed by atoms with E-state index in [0.717, 1.165) is 67.1 Å². The Morgan fingerprint density at radius 2 is 1.20 bits per heavy atom. The predicted octanol–water partition coefficient (Wildman–Crippen LogP) is 12.8. The van der Waals surface area contributed by atoms with Gasteiger partial charge in [-0.25, -0.2) is 9.97 Å². The summed E-state index contributed by atoms with van der Waals surface area (Å²) in [6.45, 7) is 4.61. The summed E-state index contributed by atoms with van der Waals surface area (Å²) in [5.74, 6) is 1.79. The molecule has 11 rings (SSSR count). The molecular formula is C51H37N5. The van der Waals surface area contributed by atoms with Crippen molar-refractivity contribution in [2.45, 2.75) is 19.3 Å². The smallest absolute Gasteiger partial charge is 0.147 e. The summed E-state index contributed by atoms with van der Waals surface area (Å²) in [6, 6.07) is 62.9. The molecule has 0 aliphatic rings. The number of fused-ring (bicyclic) bond motifs is 7. The molecule has 0 atom stereocenters. The van der Waals surface area contributed by atoms with Gasteiger partial charge in [-0.3, -0.25) is 9.13 Å². The summed E-state index contributed by atoms with van der Waals surface area (Å²) >= 11 is 0. The fraction of sp³-hybridized carbons (Fsp3) is 0.0588. The van der Waals surface area contributed by atoms with Crippen LogP contribution in [0, 0.1) is 0 Å². The molecule has 0 unspecified atom stereocenters. The summed E-state index contributed by atoms with van der Waals surface area (Å²) in [5, 5.41) is 4.78. The van der Waals surface area contributed by atoms with Gasteiger partial charge in [-0.15, -0.1) is 0 Å². The molecule has 5 nitrogen and oxygen atoms in total. The van der Waals surface area contributed by atoms with Crippen LogP contribution in [-0.4, -0.2) is 24.1 Å². The van der Waals surface area contributed by atoms with Gasteiger partial charge in [0.1, 0.15) is 11.6 Å². The fourth-order valence-electron chi connectivity index (χ4n) is 8.76. The number of rotatable bonds is 6. The maximum absolute atomic E-state index is 5.63. The number of H-pyrrole nitrogens is 1. The first kappa shape index (κ1) is 32.2. The zero-order valence-corrected chi connectivity index (χ0v) is 31.1. The van der Waals surface area contributed by atoms with Crippen molar-refractivity contribution in [2.75, 3.05) is 0 Å². The third-order valence-corrected chi connectivity index (χ3v) is 11.7. The summed E-state index contributed by atoms with van der Waals surface area (Å²) < 4.78 is 4.63. The van der Waals surface area contributed by atoms with Crippen LogP contribution in [0.3, 0.4) is 0 Å². The molecule has 4 aromatic heterocycles. The molecule has 0 amide bonds. The van der Waals surface area contributed by atoms with Gasteiger partial charge in [0.05, 0.1) is 27.6 Å². The first-order valence-corrected chi connectivity index (χ1v) is 19.2. The van der Waals surface area contributed by atoms with Gasteiger partial charge in [0.15, 0.2) is 0 Å². The van der Waals surface area contributed by atoms with Crippen molar-refractivity contribution < 1.29 is 0 Å². The number of para-hydroxylation sites is 4. The number of nitrogens with one attached hydrogen (secondary N) is 1. The van der Waals surface area contributed by atoms with E-state index in [0.29, 0.717) is 0 Å². The summed E-state index contributed by atoms with van der Waals surface area (Å²) in [5.41, 5.74) is 13.0. The maximum Gasteiger partial charge on any atom is 0.147 e. The molecule has 11 aromatic rings. The number of nitrogens with zero attached hydrogens (tertiary/aromatic N) is 4. The Morgan fingerprint density at radius 1 is 0.500 bits per heavy atom. The van der Waals surface area contributed by atoms with Crippen LogP contribution in [0.15, 0.2) is 182 Å². The molecule has 0 spiro atoms. The number of aromatic amines is 1. The average molecular weight is 720 g/mol. The van der Waals surface area contributed by atoms with Crippen molar-refractivity contribution in [1.29, 1.82) is 0 Å². The third kappa shape index (κ3) is 4.87. The molecule has 0 saturated heterocycles. The van der Waals surface area contributed by atoms with E-state index in [-0.39, 0.29) is 5.41 Å². The molecule has 0 bridgehead atoms. The standard InChI is InChI=1S/C51H37N5/c1-51(2,34-15-4-3-5-16-34)35-17-12-18-36(32-35)55-45-26-14-21-37(49(45)54-50(55)42-23-13-22-41-38-19-6-8-24-43(38)53-48(41)42)33-28-29-40-39-20-7-9-25-44(39)56(46(40)31-33)47-27-10-11-30-52-47/h3-32,53H,1-2H3. The van der Waals surface area contributed by atoms with Gasteiger partial charge >= 0.3 is 0 Å². The minimum absolute atomic E-state index is 0.211. The molecule has 56 heavy (non-hydrogen) atoms. The molecule has 0 aliphatic heterocycles. The van der Waals surface area contributed by atoms with Gasteiger partial charge in [-0.1, -0.05) is 135 Å². The lowest BCUT2D eigenvalue weighted by atomic mass is 9.78. The van der Waals surface area contributed by atoms with E-state index in [1.807, 2.05) is 18.3 Å². The normalized spacial score (nSPS) is 12.1. The summed E-state index contributed by atoms with van der Waals surface area (Å²) in [6.07, 6.45) is 1.86. The van der Waals surface area contributed by atoms with E-state index >= 15 is 0 Å². The molecule has 0 saturated carbocycles. The van der Waals surface area contributed by atoms with Crippen LogP contribution in [-0.2, 0) is 5.41 Å². The van der Waals surface area contributed by atoms with Crippen LogP contribution in [0.4, 0.5) is 0 Å². The van der Waals surface area contributed by atoms with E-state index in [4.69, 9.17) is 9.97 Å². The van der Waals surface area contributed by atoms with Crippen LogP contribution in [0.2, 0.25) is 0 Å². The number of benzene rings is 7. The van der Waals surface area contributed by atoms with E-state index < -0.39 is 0 Å². The Kier molecular flexibility index (Phi) is 7.13. The lowest BCUT2D eigenvalue weighted by Gasteiger charge is -2.27. The highest BCUT2D eigenvalue weighted by Crippen LogP contribution is 2.41. The van der Waals surface area contributed by atoms with Crippen molar-refractivity contribution in [3.63, 3.8) is 0 Å². The Morgan fingerprint density at radius 3 is 2.07 bits per heavy atom. The first-order chi connectivity index (χ1) is 27.5. The number of imidazole rings is 1. The number of pyridine rings is 1. The molecule has 4 heterocycles. The lowest BCUT2D eigenvalue weighted by molar-refractivity contribution is 0.640. The Hall–Kier alpha value is -7.24. The molecule has 266 valence electrons. The molecule has 1 N–H and O–H groups in total. The molecule has 7 aromatic carbocycles. The van der Waals surface area contributed by atoms with Crippen LogP contribution in [0.1, 0.15) is 25.0 Å². The van der Waals surface area contributed by atoms with Crippen molar-refractivity contribution in [1.82, 2.24) is 24.1 Å². The molecular weight excluding hydrogens is 683 g/mol. The quantitative estimate of drug-likeness (QED) is 0.186. The highest BCUT2D eigenvalue weighted by atomic mass is 15.1. The predicted molar refractivity (Wildman–Crippen MR) is 232 cm³/mol. The third-order valence-electron chi connectivity index (χ3n) is 11.7. The molecule has 5 heteroatoms. The van der Waals surface area contributed by atoms with Crippen molar-refractivity contribution in [3.8, 4) is 34.0 Å². The monoisotopic (exact) mass is 719 g/mol. The van der Waals surface area contributed by atoms with Gasteiger partial charge in [-0.05, 0) is 71.3 Å². The summed E-state index contributed by atoms with van der Waals surface area (Å²) in [7, 11) is 0.